The Morgan fingerprint density at radius 3 is 0.925 bits per heavy atom. The van der Waals surface area contributed by atoms with E-state index in [1.54, 1.807) is 0 Å². The monoisotopic (exact) mass is 1560 g/mol. The van der Waals surface area contributed by atoms with Gasteiger partial charge in [-0.15, -0.1) is 0 Å². The van der Waals surface area contributed by atoms with Crippen molar-refractivity contribution in [3.8, 4) is 0 Å². The van der Waals surface area contributed by atoms with E-state index >= 15 is 0 Å². The second-order valence-corrected chi connectivity index (χ2v) is 26.7. The van der Waals surface area contributed by atoms with E-state index in [1.807, 2.05) is 0 Å². The molecule has 2 amide bonds. The van der Waals surface area contributed by atoms with Crippen molar-refractivity contribution in [3.63, 3.8) is 0 Å². The van der Waals surface area contributed by atoms with Crippen LogP contribution in [0.3, 0.4) is 0 Å². The predicted octanol–water partition coefficient (Wildman–Crippen LogP) is -20.3. The van der Waals surface area contributed by atoms with Crippen LogP contribution in [0.1, 0.15) is 13.8 Å². The second-order valence-electron chi connectivity index (χ2n) is 26.7. The fourth-order valence-corrected chi connectivity index (χ4v) is 13.5. The van der Waals surface area contributed by atoms with Crippen LogP contribution in [0, 0.1) is 0 Å². The number of aliphatic hydroxyl groups is 27. The van der Waals surface area contributed by atoms with E-state index in [0.717, 1.165) is 13.8 Å². The zero-order valence-corrected chi connectivity index (χ0v) is 56.2. The van der Waals surface area contributed by atoms with Gasteiger partial charge in [-0.25, -0.2) is 0 Å². The van der Waals surface area contributed by atoms with Gasteiger partial charge in [0.1, 0.15) is 220 Å². The molecule has 48 heteroatoms. The van der Waals surface area contributed by atoms with Crippen LogP contribution < -0.4 is 10.6 Å². The van der Waals surface area contributed by atoms with Gasteiger partial charge in [-0.1, -0.05) is 0 Å². The summed E-state index contributed by atoms with van der Waals surface area (Å²) in [5.74, 6) is -1.73. The Hall–Kier alpha value is -2.82. The van der Waals surface area contributed by atoms with Gasteiger partial charge in [-0.05, 0) is 0 Å². The highest BCUT2D eigenvalue weighted by atomic mass is 16.8. The molecule has 9 aliphatic rings. The molecule has 106 heavy (non-hydrogen) atoms. The molecular weight excluding hydrogens is 1460 g/mol. The van der Waals surface area contributed by atoms with Gasteiger partial charge in [0.05, 0.1) is 59.5 Å². The Balaban J connectivity index is 1.06. The number of carbonyl (C=O) groups excluding carboxylic acids is 2. The Kier molecular flexibility index (Phi) is 31.1. The van der Waals surface area contributed by atoms with E-state index in [1.165, 1.54) is 0 Å². The molecule has 48 nitrogen and oxygen atoms in total. The van der Waals surface area contributed by atoms with Crippen LogP contribution >= 0.6 is 0 Å². The van der Waals surface area contributed by atoms with Crippen LogP contribution in [0.25, 0.3) is 0 Å². The number of amides is 2. The summed E-state index contributed by atoms with van der Waals surface area (Å²) in [6, 6.07) is -3.57. The molecule has 9 fully saturated rings. The summed E-state index contributed by atoms with van der Waals surface area (Å²) in [6.45, 7) is -7.74. The first-order chi connectivity index (χ1) is 50.2. The third-order valence-corrected chi connectivity index (χ3v) is 19.5. The third-order valence-electron chi connectivity index (χ3n) is 19.5. The molecule has 0 aromatic heterocycles. The molecule has 0 saturated carbocycles. The van der Waals surface area contributed by atoms with E-state index in [2.05, 4.69) is 10.6 Å². The standard InChI is InChI=1S/C58H98N2O46/c1-12(68)59-23-32(77)44(19(8-66)92-50(23)89)101-51-24(60-13(2)69)33(78)45(20(9-67)98-51)102-56-43(88)47(104-57-49(38(83)29(74)17(6-64)96-57)106-58-48(37(82)28(73)18(7-65)97-58)105-55-41(86)36(81)27(72)16(5-63)95-55)31(76)22(100-56)11-91-53-42(87)46(103-54-40(85)35(80)26(71)15(4-62)94-54)30(75)21(99-53)10-90-52-39(84)34(79)25(70)14(3-61)93-52/h14-58,61-67,70-89H,3-11H2,1-2H3,(H,59,68)(H,60,69). The van der Waals surface area contributed by atoms with E-state index in [-0.39, 0.29) is 0 Å². The van der Waals surface area contributed by atoms with Crippen LogP contribution in [0.2, 0.25) is 0 Å². The topological polar surface area (TPSA) is 761 Å². The van der Waals surface area contributed by atoms with Crippen LogP contribution in [-0.4, -0.2) is 485 Å². The first kappa shape index (κ1) is 87.2. The lowest BCUT2D eigenvalue weighted by Gasteiger charge is -2.51. The molecule has 9 heterocycles. The maximum Gasteiger partial charge on any atom is 0.217 e. The van der Waals surface area contributed by atoms with E-state index in [4.69, 9.17) is 80.5 Å². The van der Waals surface area contributed by atoms with Crippen molar-refractivity contribution in [2.75, 3.05) is 59.5 Å². The summed E-state index contributed by atoms with van der Waals surface area (Å²) in [6.07, 6.45) is -90.8. The lowest BCUT2D eigenvalue weighted by molar-refractivity contribution is -0.408. The smallest absolute Gasteiger partial charge is 0.217 e. The second kappa shape index (κ2) is 37.9. The predicted molar refractivity (Wildman–Crippen MR) is 320 cm³/mol. The number of aliphatic hydroxyl groups excluding tert-OH is 27. The van der Waals surface area contributed by atoms with Crippen LogP contribution in [0.4, 0.5) is 0 Å². The molecule has 9 saturated heterocycles. The fourth-order valence-electron chi connectivity index (χ4n) is 13.5. The number of rotatable bonds is 27. The Morgan fingerprint density at radius 2 is 0.509 bits per heavy atom. The number of carbonyl (C=O) groups is 2. The van der Waals surface area contributed by atoms with Gasteiger partial charge in [0.15, 0.2) is 56.6 Å². The largest absolute Gasteiger partial charge is 0.394 e. The zero-order valence-electron chi connectivity index (χ0n) is 56.2. The van der Waals surface area contributed by atoms with Gasteiger partial charge in [-0.2, -0.15) is 0 Å². The fraction of sp³-hybridized carbons (Fsp3) is 0.966. The lowest BCUT2D eigenvalue weighted by Crippen LogP contribution is -2.70. The first-order valence-electron chi connectivity index (χ1n) is 33.7. The molecule has 0 spiro atoms. The highest BCUT2D eigenvalue weighted by Gasteiger charge is 2.60. The maximum atomic E-state index is 12.9. The molecule has 0 aromatic rings. The van der Waals surface area contributed by atoms with Crippen molar-refractivity contribution in [1.29, 1.82) is 0 Å². The summed E-state index contributed by atoms with van der Waals surface area (Å²) in [5, 5.41) is 301. The summed E-state index contributed by atoms with van der Waals surface area (Å²) in [5.41, 5.74) is 0. The summed E-state index contributed by atoms with van der Waals surface area (Å²) in [4.78, 5) is 25.1. The molecule has 45 atom stereocenters. The minimum atomic E-state index is -2.58. The zero-order chi connectivity index (χ0) is 77.9. The van der Waals surface area contributed by atoms with Gasteiger partial charge >= 0.3 is 0 Å². The molecule has 45 unspecified atom stereocenters. The van der Waals surface area contributed by atoms with Crippen LogP contribution in [-0.2, 0) is 90.1 Å². The molecule has 29 N–H and O–H groups in total. The molecular formula is C58H98N2O46. The quantitative estimate of drug-likeness (QED) is 0.0363. The summed E-state index contributed by atoms with van der Waals surface area (Å²) >= 11 is 0. The minimum absolute atomic E-state index is 0.788. The summed E-state index contributed by atoms with van der Waals surface area (Å²) < 4.78 is 98.9. The van der Waals surface area contributed by atoms with Crippen molar-refractivity contribution in [2.24, 2.45) is 0 Å². The van der Waals surface area contributed by atoms with Crippen LogP contribution in [0.15, 0.2) is 0 Å². The molecule has 0 bridgehead atoms. The lowest BCUT2D eigenvalue weighted by atomic mass is 9.94. The van der Waals surface area contributed by atoms with E-state index < -0.39 is 348 Å². The maximum absolute atomic E-state index is 12.9. The van der Waals surface area contributed by atoms with Crippen molar-refractivity contribution < 1.29 is 228 Å². The summed E-state index contributed by atoms with van der Waals surface area (Å²) in [7, 11) is 0. The Morgan fingerprint density at radius 1 is 0.245 bits per heavy atom. The molecule has 0 aromatic carbocycles. The molecule has 9 rings (SSSR count). The molecule has 9 aliphatic heterocycles. The number of hydrogen-bond donors (Lipinski definition) is 29. The van der Waals surface area contributed by atoms with Crippen LogP contribution in [0.5, 0.6) is 0 Å². The van der Waals surface area contributed by atoms with Gasteiger partial charge in [0, 0.05) is 13.8 Å². The Bertz CT molecular complexity index is 2710. The molecule has 0 radical (unpaired) electrons. The third kappa shape index (κ3) is 18.7. The van der Waals surface area contributed by atoms with Crippen molar-refractivity contribution in [2.45, 2.75) is 290 Å². The van der Waals surface area contributed by atoms with Crippen molar-refractivity contribution >= 4 is 11.8 Å². The number of ether oxygens (including phenoxy) is 17. The number of hydrogen-bond acceptors (Lipinski definition) is 46. The van der Waals surface area contributed by atoms with Gasteiger partial charge in [0.2, 0.25) is 11.8 Å². The van der Waals surface area contributed by atoms with Gasteiger partial charge < -0.3 is 229 Å². The SMILES string of the molecule is CC(=O)NC1C(O)OC(CO)C(OC2OC(CO)C(OC3OC(COC4OC(COC5OC(CO)C(O)C(O)C5O)C(O)C(OC5OC(CO)C(O)C(O)C5O)C4O)C(O)C(OC4OC(CO)C(O)C(O)C4OC4OC(CO)C(O)C(O)C4OC4OC(CO)C(O)C(O)C4O)C3O)C(O)C2NC(C)=O)C1O. The van der Waals surface area contributed by atoms with E-state index in [9.17, 15) is 147 Å². The number of nitrogens with one attached hydrogen (secondary N) is 2. The van der Waals surface area contributed by atoms with Gasteiger partial charge in [0.25, 0.3) is 0 Å². The van der Waals surface area contributed by atoms with E-state index in [0.29, 0.717) is 0 Å². The Labute approximate surface area is 598 Å². The van der Waals surface area contributed by atoms with Crippen molar-refractivity contribution in [1.82, 2.24) is 10.6 Å². The van der Waals surface area contributed by atoms with Crippen molar-refractivity contribution in [3.05, 3.63) is 0 Å². The van der Waals surface area contributed by atoms with Gasteiger partial charge in [-0.3, -0.25) is 9.59 Å². The average molecular weight is 1560 g/mol. The minimum Gasteiger partial charge on any atom is -0.394 e. The molecule has 0 aliphatic carbocycles. The highest BCUT2D eigenvalue weighted by molar-refractivity contribution is 5.73. The first-order valence-corrected chi connectivity index (χ1v) is 33.7. The average Bonchev–Trinajstić information content (AvgIpc) is 0.772. The molecule has 616 valence electrons. The normalized spacial score (nSPS) is 51.2. The highest BCUT2D eigenvalue weighted by Crippen LogP contribution is 2.40.